The van der Waals surface area contributed by atoms with Crippen molar-refractivity contribution in [2.24, 2.45) is 0 Å². The van der Waals surface area contributed by atoms with Crippen molar-refractivity contribution in [3.8, 4) is 5.75 Å². The molecule has 0 spiro atoms. The zero-order valence-corrected chi connectivity index (χ0v) is 29.9. The maximum Gasteiger partial charge on any atom is 0.331 e. The molecule has 1 aliphatic heterocycles. The average molecular weight is 721 g/mol. The molecule has 4 rings (SSSR count). The molecule has 0 aromatic heterocycles. The molecular formula is C37H40N2O11S. The molecule has 0 N–H and O–H groups in total. The topological polar surface area (TPSA) is 155 Å². The number of esters is 4. The Bertz CT molecular complexity index is 1720. The molecule has 1 fully saturated rings. The maximum absolute atomic E-state index is 15.2. The smallest absolute Gasteiger partial charge is 0.331 e. The van der Waals surface area contributed by atoms with Crippen LogP contribution in [0.25, 0.3) is 0 Å². The third-order valence-corrected chi connectivity index (χ3v) is 9.51. The number of hydrogen-bond acceptors (Lipinski definition) is 12. The summed E-state index contributed by atoms with van der Waals surface area (Å²) in [5.41, 5.74) is 1.53. The number of thioether (sulfide) groups is 1. The fourth-order valence-corrected chi connectivity index (χ4v) is 7.15. The predicted octanol–water partition coefficient (Wildman–Crippen LogP) is 4.65. The summed E-state index contributed by atoms with van der Waals surface area (Å²) in [5.74, 6) is -3.30. The van der Waals surface area contributed by atoms with Crippen LogP contribution in [0.5, 0.6) is 5.75 Å². The first-order chi connectivity index (χ1) is 24.3. The summed E-state index contributed by atoms with van der Waals surface area (Å²) in [6, 6.07) is 23.6. The van der Waals surface area contributed by atoms with E-state index in [2.05, 4.69) is 0 Å². The molecule has 51 heavy (non-hydrogen) atoms. The molecule has 0 aliphatic carbocycles. The van der Waals surface area contributed by atoms with Crippen LogP contribution in [0.2, 0.25) is 0 Å². The van der Waals surface area contributed by atoms with Gasteiger partial charge in [-0.15, -0.1) is 11.8 Å². The second-order valence-corrected chi connectivity index (χ2v) is 13.1. The number of nitrogens with zero attached hydrogens (tertiary/aromatic N) is 2. The summed E-state index contributed by atoms with van der Waals surface area (Å²) in [5, 5.41) is -0.996. The Morgan fingerprint density at radius 2 is 1.31 bits per heavy atom. The number of urea groups is 1. The van der Waals surface area contributed by atoms with Gasteiger partial charge in [-0.05, 0) is 35.4 Å². The third-order valence-electron chi connectivity index (χ3n) is 7.85. The molecule has 5 atom stereocenters. The molecule has 3 amide bonds. The zero-order chi connectivity index (χ0) is 37.3. The molecule has 14 heteroatoms. The van der Waals surface area contributed by atoms with E-state index in [1.165, 1.54) is 12.0 Å². The van der Waals surface area contributed by atoms with E-state index in [0.717, 1.165) is 49.9 Å². The summed E-state index contributed by atoms with van der Waals surface area (Å²) in [6.07, 6.45) is -4.40. The highest BCUT2D eigenvalue weighted by atomic mass is 32.2. The number of rotatable bonds is 14. The van der Waals surface area contributed by atoms with E-state index in [0.29, 0.717) is 11.3 Å². The van der Waals surface area contributed by atoms with E-state index in [9.17, 15) is 24.0 Å². The minimum atomic E-state index is -1.59. The van der Waals surface area contributed by atoms with Crippen molar-refractivity contribution in [1.29, 1.82) is 0 Å². The molecule has 0 saturated carbocycles. The van der Waals surface area contributed by atoms with Crippen molar-refractivity contribution in [2.75, 3.05) is 25.7 Å². The van der Waals surface area contributed by atoms with E-state index < -0.39 is 70.7 Å². The van der Waals surface area contributed by atoms with Crippen LogP contribution in [0.4, 0.5) is 10.5 Å². The van der Waals surface area contributed by atoms with Gasteiger partial charge in [0, 0.05) is 41.3 Å². The first-order valence-corrected chi connectivity index (χ1v) is 16.8. The van der Waals surface area contributed by atoms with E-state index in [4.69, 9.17) is 23.7 Å². The molecule has 3 aromatic rings. The van der Waals surface area contributed by atoms with E-state index in [1.807, 2.05) is 30.3 Å². The monoisotopic (exact) mass is 720 g/mol. The maximum atomic E-state index is 15.2. The number of methoxy groups -OCH3 is 1. The number of carbonyl (C=O) groups excluding carboxylic acids is 6. The van der Waals surface area contributed by atoms with Gasteiger partial charge in [-0.25, -0.2) is 9.69 Å². The first kappa shape index (κ1) is 38.4. The lowest BCUT2D eigenvalue weighted by molar-refractivity contribution is -0.189. The van der Waals surface area contributed by atoms with Crippen LogP contribution >= 0.6 is 11.8 Å². The molecule has 270 valence electrons. The number of ether oxygens (including phenoxy) is 5. The number of benzene rings is 3. The molecule has 0 unspecified atom stereocenters. The van der Waals surface area contributed by atoms with Crippen molar-refractivity contribution < 1.29 is 52.5 Å². The number of hydrogen-bond donors (Lipinski definition) is 0. The van der Waals surface area contributed by atoms with Crippen LogP contribution in [0.1, 0.15) is 38.8 Å². The molecule has 1 saturated heterocycles. The number of anilines is 1. The van der Waals surface area contributed by atoms with Crippen molar-refractivity contribution in [3.05, 3.63) is 96.1 Å². The van der Waals surface area contributed by atoms with Gasteiger partial charge in [0.1, 0.15) is 17.1 Å². The lowest BCUT2D eigenvalue weighted by atomic mass is 9.88. The van der Waals surface area contributed by atoms with Gasteiger partial charge < -0.3 is 28.6 Å². The second kappa shape index (κ2) is 17.0. The van der Waals surface area contributed by atoms with E-state index in [-0.39, 0.29) is 12.2 Å². The number of imide groups is 1. The zero-order valence-electron chi connectivity index (χ0n) is 29.1. The predicted molar refractivity (Wildman–Crippen MR) is 187 cm³/mol. The lowest BCUT2D eigenvalue weighted by Crippen LogP contribution is -2.54. The van der Waals surface area contributed by atoms with Gasteiger partial charge in [0.05, 0.1) is 18.0 Å². The summed E-state index contributed by atoms with van der Waals surface area (Å²) < 4.78 is 25.7. The van der Waals surface area contributed by atoms with E-state index in [1.54, 1.807) is 61.6 Å². The highest BCUT2D eigenvalue weighted by Crippen LogP contribution is 2.65. The minimum absolute atomic E-state index is 0.180. The molecule has 3 aromatic carbocycles. The fourth-order valence-electron chi connectivity index (χ4n) is 5.63. The van der Waals surface area contributed by atoms with Crippen LogP contribution < -0.4 is 9.64 Å². The van der Waals surface area contributed by atoms with Gasteiger partial charge in [0.2, 0.25) is 0 Å². The largest absolute Gasteiger partial charge is 0.497 e. The normalized spacial score (nSPS) is 17.8. The van der Waals surface area contributed by atoms with Crippen LogP contribution in [0.15, 0.2) is 84.9 Å². The molecular weight excluding hydrogens is 680 g/mol. The van der Waals surface area contributed by atoms with Crippen LogP contribution in [-0.2, 0) is 54.2 Å². The summed E-state index contributed by atoms with van der Waals surface area (Å²) in [6.45, 7) is 4.13. The Hall–Kier alpha value is -5.37. The SMILES string of the molecule is COc1ccc(N(C(=O)N(C)Cc2ccccc2)C(=O)[C@]2(c3ccccc3)S[C@@H]2[C@@H](OC(C)=O)[C@H](OC(C)=O)[C@@H](COC(C)=O)OC(C)=O)cc1. The summed E-state index contributed by atoms with van der Waals surface area (Å²) in [4.78, 5) is 81.2. The van der Waals surface area contributed by atoms with Crippen LogP contribution in [0, 0.1) is 0 Å². The number of amides is 3. The lowest BCUT2D eigenvalue weighted by Gasteiger charge is -2.34. The molecule has 1 heterocycles. The summed E-state index contributed by atoms with van der Waals surface area (Å²) in [7, 11) is 3.06. The quantitative estimate of drug-likeness (QED) is 0.129. The van der Waals surface area contributed by atoms with Crippen LogP contribution in [0.3, 0.4) is 0 Å². The van der Waals surface area contributed by atoms with Gasteiger partial charge in [-0.3, -0.25) is 24.0 Å². The minimum Gasteiger partial charge on any atom is -0.497 e. The van der Waals surface area contributed by atoms with Gasteiger partial charge in [0.15, 0.2) is 18.3 Å². The number of carbonyl (C=O) groups is 6. The second-order valence-electron chi connectivity index (χ2n) is 11.7. The fraction of sp³-hybridized carbons (Fsp3) is 0.351. The van der Waals surface area contributed by atoms with Crippen molar-refractivity contribution in [1.82, 2.24) is 4.90 Å². The Balaban J connectivity index is 1.86. The molecule has 0 radical (unpaired) electrons. The van der Waals surface area contributed by atoms with E-state index >= 15 is 4.79 Å². The first-order valence-electron chi connectivity index (χ1n) is 15.9. The van der Waals surface area contributed by atoms with Gasteiger partial charge in [-0.2, -0.15) is 0 Å². The Morgan fingerprint density at radius 3 is 1.84 bits per heavy atom. The van der Waals surface area contributed by atoms with Gasteiger partial charge in [-0.1, -0.05) is 60.7 Å². The molecule has 1 aliphatic rings. The van der Waals surface area contributed by atoms with Gasteiger partial charge >= 0.3 is 29.9 Å². The Kier molecular flexibility index (Phi) is 12.8. The summed E-state index contributed by atoms with van der Waals surface area (Å²) >= 11 is 1.07. The average Bonchev–Trinajstić information content (AvgIpc) is 3.85. The van der Waals surface area contributed by atoms with Crippen molar-refractivity contribution in [3.63, 3.8) is 0 Å². The standard InChI is InChI=1S/C37H40N2O11S/c1-23(40)47-22-31(48-24(2)41)32(49-25(3)42)33(50-26(4)43)34-37(51-34,28-15-11-8-12-16-28)35(44)39(29-17-19-30(46-6)20-18-29)36(45)38(5)21-27-13-9-7-10-14-27/h7-20,31-34H,21-22H2,1-6H3/t31-,32-,33+,34-,37-/m1/s1. The Labute approximate surface area is 300 Å². The van der Waals surface area contributed by atoms with Crippen molar-refractivity contribution >= 4 is 53.3 Å². The highest BCUT2D eigenvalue weighted by Gasteiger charge is 2.70. The molecule has 13 nitrogen and oxygen atoms in total. The van der Waals surface area contributed by atoms with Crippen molar-refractivity contribution in [2.45, 2.75) is 62.5 Å². The van der Waals surface area contributed by atoms with Gasteiger partial charge in [0.25, 0.3) is 5.91 Å². The molecule has 0 bridgehead atoms. The van der Waals surface area contributed by atoms with Crippen LogP contribution in [-0.4, -0.2) is 85.0 Å². The highest BCUT2D eigenvalue weighted by molar-refractivity contribution is 8.09. The Morgan fingerprint density at radius 1 is 0.745 bits per heavy atom. The third kappa shape index (κ3) is 9.45.